The summed E-state index contributed by atoms with van der Waals surface area (Å²) < 4.78 is 6.27. The van der Waals surface area contributed by atoms with Gasteiger partial charge in [0, 0.05) is 36.3 Å². The second kappa shape index (κ2) is 6.37. The molecule has 4 nitrogen and oxygen atoms in total. The molecule has 0 bridgehead atoms. The summed E-state index contributed by atoms with van der Waals surface area (Å²) in [5.74, 6) is 1.04. The number of morpholine rings is 1. The standard InChI is InChI=1S/C11H16N2O2S2/c1-9-8-17-11(12-9)16-7-2-10(14)13-3-5-15-6-4-13/h8H,2-7H2,1H3. The Morgan fingerprint density at radius 3 is 3.00 bits per heavy atom. The SMILES string of the molecule is Cc1csc(SCCC(=O)N2CCOCC2)n1. The average Bonchev–Trinajstić information content (AvgIpc) is 2.76. The molecule has 0 saturated carbocycles. The molecule has 0 atom stereocenters. The quantitative estimate of drug-likeness (QED) is 0.784. The van der Waals surface area contributed by atoms with Crippen molar-refractivity contribution in [3.8, 4) is 0 Å². The van der Waals surface area contributed by atoms with Gasteiger partial charge in [0.15, 0.2) is 0 Å². The molecule has 0 aromatic carbocycles. The number of amides is 1. The number of nitrogens with zero attached hydrogens (tertiary/aromatic N) is 2. The maximum atomic E-state index is 11.8. The van der Waals surface area contributed by atoms with Crippen molar-refractivity contribution in [2.75, 3.05) is 32.1 Å². The maximum absolute atomic E-state index is 11.8. The molecular formula is C11H16N2O2S2. The van der Waals surface area contributed by atoms with Crippen molar-refractivity contribution in [1.82, 2.24) is 9.88 Å². The van der Waals surface area contributed by atoms with Gasteiger partial charge in [-0.05, 0) is 6.92 Å². The van der Waals surface area contributed by atoms with E-state index in [1.165, 1.54) is 0 Å². The molecule has 0 aliphatic carbocycles. The first-order chi connectivity index (χ1) is 8.25. The van der Waals surface area contributed by atoms with Crippen LogP contribution >= 0.6 is 23.1 Å². The van der Waals surface area contributed by atoms with E-state index >= 15 is 0 Å². The van der Waals surface area contributed by atoms with Crippen molar-refractivity contribution >= 4 is 29.0 Å². The largest absolute Gasteiger partial charge is 0.378 e. The van der Waals surface area contributed by atoms with Crippen LogP contribution < -0.4 is 0 Å². The van der Waals surface area contributed by atoms with Crippen LogP contribution in [0.15, 0.2) is 9.72 Å². The van der Waals surface area contributed by atoms with Gasteiger partial charge in [-0.3, -0.25) is 4.79 Å². The van der Waals surface area contributed by atoms with Gasteiger partial charge in [-0.1, -0.05) is 11.8 Å². The second-order valence-corrected chi connectivity index (χ2v) is 6.05. The van der Waals surface area contributed by atoms with Gasteiger partial charge in [-0.25, -0.2) is 4.98 Å². The van der Waals surface area contributed by atoms with Gasteiger partial charge < -0.3 is 9.64 Å². The smallest absolute Gasteiger partial charge is 0.223 e. The molecule has 1 aliphatic heterocycles. The zero-order valence-corrected chi connectivity index (χ0v) is 11.5. The van der Waals surface area contributed by atoms with Crippen LogP contribution in [0.3, 0.4) is 0 Å². The van der Waals surface area contributed by atoms with Gasteiger partial charge in [0.05, 0.1) is 13.2 Å². The Morgan fingerprint density at radius 1 is 1.59 bits per heavy atom. The van der Waals surface area contributed by atoms with Crippen LogP contribution in [0, 0.1) is 6.92 Å². The lowest BCUT2D eigenvalue weighted by Gasteiger charge is -2.26. The minimum Gasteiger partial charge on any atom is -0.378 e. The maximum Gasteiger partial charge on any atom is 0.223 e. The predicted octanol–water partition coefficient (Wildman–Crippen LogP) is 1.79. The fourth-order valence-electron chi connectivity index (χ4n) is 1.60. The molecule has 2 rings (SSSR count). The highest BCUT2D eigenvalue weighted by Gasteiger charge is 2.16. The Morgan fingerprint density at radius 2 is 2.35 bits per heavy atom. The summed E-state index contributed by atoms with van der Waals surface area (Å²) in [6, 6.07) is 0. The highest BCUT2D eigenvalue weighted by Crippen LogP contribution is 2.23. The van der Waals surface area contributed by atoms with Crippen LogP contribution in [0.5, 0.6) is 0 Å². The minimum atomic E-state index is 0.231. The van der Waals surface area contributed by atoms with Gasteiger partial charge in [0.1, 0.15) is 4.34 Å². The predicted molar refractivity (Wildman–Crippen MR) is 69.6 cm³/mol. The van der Waals surface area contributed by atoms with Gasteiger partial charge in [0.2, 0.25) is 5.91 Å². The van der Waals surface area contributed by atoms with E-state index in [1.807, 2.05) is 17.2 Å². The molecule has 2 heterocycles. The third-order valence-corrected chi connectivity index (χ3v) is 4.64. The second-order valence-electron chi connectivity index (χ2n) is 3.85. The third-order valence-electron chi connectivity index (χ3n) is 2.50. The van der Waals surface area contributed by atoms with Crippen molar-refractivity contribution in [1.29, 1.82) is 0 Å². The number of hydrogen-bond donors (Lipinski definition) is 0. The molecule has 1 aromatic rings. The van der Waals surface area contributed by atoms with E-state index in [0.717, 1.165) is 28.9 Å². The molecule has 0 unspecified atom stereocenters. The Bertz CT molecular complexity index is 375. The Kier molecular flexibility index (Phi) is 4.82. The average molecular weight is 272 g/mol. The first-order valence-electron chi connectivity index (χ1n) is 5.66. The summed E-state index contributed by atoms with van der Waals surface area (Å²) in [6.45, 7) is 4.80. The molecule has 0 N–H and O–H groups in total. The van der Waals surface area contributed by atoms with Gasteiger partial charge in [-0.2, -0.15) is 0 Å². The fraction of sp³-hybridized carbons (Fsp3) is 0.636. The summed E-state index contributed by atoms with van der Waals surface area (Å²) in [4.78, 5) is 18.1. The van der Waals surface area contributed by atoms with Crippen molar-refractivity contribution in [2.45, 2.75) is 17.7 Å². The lowest BCUT2D eigenvalue weighted by molar-refractivity contribution is -0.134. The number of aromatic nitrogens is 1. The zero-order chi connectivity index (χ0) is 12.1. The Balaban J connectivity index is 1.69. The van der Waals surface area contributed by atoms with Crippen LogP contribution in [-0.4, -0.2) is 47.8 Å². The summed E-state index contributed by atoms with van der Waals surface area (Å²) >= 11 is 3.31. The van der Waals surface area contributed by atoms with E-state index in [9.17, 15) is 4.79 Å². The number of thioether (sulfide) groups is 1. The number of carbonyl (C=O) groups is 1. The molecule has 1 aliphatic rings. The number of rotatable bonds is 4. The lowest BCUT2D eigenvalue weighted by Crippen LogP contribution is -2.40. The highest BCUT2D eigenvalue weighted by atomic mass is 32.2. The summed E-state index contributed by atoms with van der Waals surface area (Å²) in [5, 5.41) is 2.03. The van der Waals surface area contributed by atoms with E-state index in [-0.39, 0.29) is 5.91 Å². The highest BCUT2D eigenvalue weighted by molar-refractivity contribution is 8.01. The van der Waals surface area contributed by atoms with Gasteiger partial charge in [0.25, 0.3) is 0 Å². The van der Waals surface area contributed by atoms with Crippen molar-refractivity contribution in [3.63, 3.8) is 0 Å². The van der Waals surface area contributed by atoms with E-state index in [4.69, 9.17) is 4.74 Å². The van der Waals surface area contributed by atoms with Crippen LogP contribution in [-0.2, 0) is 9.53 Å². The van der Waals surface area contributed by atoms with Crippen LogP contribution in [0.1, 0.15) is 12.1 Å². The third kappa shape index (κ3) is 3.97. The molecule has 1 saturated heterocycles. The monoisotopic (exact) mass is 272 g/mol. The Labute approximate surface area is 109 Å². The van der Waals surface area contributed by atoms with Crippen molar-refractivity contribution in [2.24, 2.45) is 0 Å². The van der Waals surface area contributed by atoms with Gasteiger partial charge >= 0.3 is 0 Å². The number of carbonyl (C=O) groups excluding carboxylic acids is 1. The molecular weight excluding hydrogens is 256 g/mol. The van der Waals surface area contributed by atoms with Crippen LogP contribution in [0.4, 0.5) is 0 Å². The minimum absolute atomic E-state index is 0.231. The lowest BCUT2D eigenvalue weighted by atomic mass is 10.3. The number of aryl methyl sites for hydroxylation is 1. The van der Waals surface area contributed by atoms with E-state index in [1.54, 1.807) is 23.1 Å². The molecule has 0 radical (unpaired) electrons. The van der Waals surface area contributed by atoms with Gasteiger partial charge in [-0.15, -0.1) is 11.3 Å². The summed E-state index contributed by atoms with van der Waals surface area (Å²) in [6.07, 6.45) is 0.587. The van der Waals surface area contributed by atoms with E-state index < -0.39 is 0 Å². The number of ether oxygens (including phenoxy) is 1. The fourth-order valence-corrected chi connectivity index (χ4v) is 3.44. The number of thiazole rings is 1. The number of hydrogen-bond acceptors (Lipinski definition) is 5. The van der Waals surface area contributed by atoms with Crippen LogP contribution in [0.25, 0.3) is 0 Å². The first kappa shape index (κ1) is 12.9. The summed E-state index contributed by atoms with van der Waals surface area (Å²) in [5.41, 5.74) is 1.05. The molecule has 6 heteroatoms. The molecule has 17 heavy (non-hydrogen) atoms. The molecule has 1 amide bonds. The first-order valence-corrected chi connectivity index (χ1v) is 7.52. The van der Waals surface area contributed by atoms with E-state index in [2.05, 4.69) is 4.98 Å². The van der Waals surface area contributed by atoms with Crippen LogP contribution in [0.2, 0.25) is 0 Å². The molecule has 0 spiro atoms. The topological polar surface area (TPSA) is 42.4 Å². The summed E-state index contributed by atoms with van der Waals surface area (Å²) in [7, 11) is 0. The van der Waals surface area contributed by atoms with Crippen molar-refractivity contribution in [3.05, 3.63) is 11.1 Å². The van der Waals surface area contributed by atoms with Crippen molar-refractivity contribution < 1.29 is 9.53 Å². The zero-order valence-electron chi connectivity index (χ0n) is 9.85. The normalized spacial score (nSPS) is 16.2. The molecule has 94 valence electrons. The Hall–Kier alpha value is -0.590. The van der Waals surface area contributed by atoms with E-state index in [0.29, 0.717) is 19.6 Å². The molecule has 1 aromatic heterocycles. The molecule has 1 fully saturated rings.